The van der Waals surface area contributed by atoms with Crippen LogP contribution in [0.4, 0.5) is 0 Å². The quantitative estimate of drug-likeness (QED) is 0.746. The first-order chi connectivity index (χ1) is 6.24. The van der Waals surface area contributed by atoms with Crippen LogP contribution in [0.3, 0.4) is 0 Å². The fourth-order valence-electron chi connectivity index (χ4n) is 1.15. The Balaban J connectivity index is 2.55. The molecule has 0 bridgehead atoms. The number of nitrogens with two attached hydrogens (primary N) is 1. The molecule has 0 amide bonds. The van der Waals surface area contributed by atoms with Gasteiger partial charge in [-0.15, -0.1) is 0 Å². The van der Waals surface area contributed by atoms with Gasteiger partial charge in [0, 0.05) is 18.8 Å². The van der Waals surface area contributed by atoms with Crippen molar-refractivity contribution in [1.82, 2.24) is 4.98 Å². The fourth-order valence-corrected chi connectivity index (χ4v) is 1.15. The standard InChI is InChI=1S/C10H14N2O/c1-2-10(13)9(11)7-8-3-5-12-6-4-8/h3-6,9H,2,7,11H2,1H3. The summed E-state index contributed by atoms with van der Waals surface area (Å²) in [5.41, 5.74) is 6.75. The number of Topliss-reactive ketones (excluding diaryl/α,β-unsaturated/α-hetero) is 1. The van der Waals surface area contributed by atoms with Crippen LogP contribution in [0.25, 0.3) is 0 Å². The molecule has 1 aromatic heterocycles. The summed E-state index contributed by atoms with van der Waals surface area (Å²) >= 11 is 0. The van der Waals surface area contributed by atoms with E-state index in [-0.39, 0.29) is 11.8 Å². The highest BCUT2D eigenvalue weighted by molar-refractivity contribution is 5.83. The summed E-state index contributed by atoms with van der Waals surface area (Å²) in [6.45, 7) is 1.83. The van der Waals surface area contributed by atoms with E-state index >= 15 is 0 Å². The Bertz CT molecular complexity index is 272. The Morgan fingerprint density at radius 3 is 2.69 bits per heavy atom. The van der Waals surface area contributed by atoms with Gasteiger partial charge in [0.2, 0.25) is 0 Å². The number of nitrogens with zero attached hydrogens (tertiary/aromatic N) is 1. The van der Waals surface area contributed by atoms with Crippen LogP contribution in [0.15, 0.2) is 24.5 Å². The molecular formula is C10H14N2O. The molecule has 0 fully saturated rings. The van der Waals surface area contributed by atoms with Crippen molar-refractivity contribution in [2.45, 2.75) is 25.8 Å². The molecule has 0 aliphatic carbocycles. The minimum Gasteiger partial charge on any atom is -0.321 e. The number of hydrogen-bond donors (Lipinski definition) is 1. The van der Waals surface area contributed by atoms with Gasteiger partial charge >= 0.3 is 0 Å². The van der Waals surface area contributed by atoms with Gasteiger partial charge in [-0.25, -0.2) is 0 Å². The van der Waals surface area contributed by atoms with E-state index in [1.54, 1.807) is 12.4 Å². The summed E-state index contributed by atoms with van der Waals surface area (Å²) in [7, 11) is 0. The lowest BCUT2D eigenvalue weighted by molar-refractivity contribution is -0.119. The number of ketones is 1. The highest BCUT2D eigenvalue weighted by atomic mass is 16.1. The average molecular weight is 178 g/mol. The lowest BCUT2D eigenvalue weighted by atomic mass is 10.0. The largest absolute Gasteiger partial charge is 0.321 e. The first-order valence-electron chi connectivity index (χ1n) is 4.41. The van der Waals surface area contributed by atoms with Gasteiger partial charge in [0.05, 0.1) is 6.04 Å². The number of hydrogen-bond acceptors (Lipinski definition) is 3. The summed E-state index contributed by atoms with van der Waals surface area (Å²) in [5, 5.41) is 0. The highest BCUT2D eigenvalue weighted by Gasteiger charge is 2.10. The van der Waals surface area contributed by atoms with E-state index in [1.807, 2.05) is 19.1 Å². The number of carbonyl (C=O) groups is 1. The molecule has 0 aliphatic rings. The Morgan fingerprint density at radius 2 is 2.15 bits per heavy atom. The summed E-state index contributed by atoms with van der Waals surface area (Å²) in [6.07, 6.45) is 4.53. The van der Waals surface area contributed by atoms with E-state index in [0.717, 1.165) is 5.56 Å². The molecule has 0 aliphatic heterocycles. The Kier molecular flexibility index (Phi) is 3.58. The Hall–Kier alpha value is -1.22. The van der Waals surface area contributed by atoms with Gasteiger partial charge in [-0.2, -0.15) is 0 Å². The lowest BCUT2D eigenvalue weighted by Gasteiger charge is -2.08. The molecule has 2 N–H and O–H groups in total. The number of rotatable bonds is 4. The maximum Gasteiger partial charge on any atom is 0.149 e. The van der Waals surface area contributed by atoms with E-state index in [1.165, 1.54) is 0 Å². The highest BCUT2D eigenvalue weighted by Crippen LogP contribution is 2.01. The molecule has 3 nitrogen and oxygen atoms in total. The third-order valence-corrected chi connectivity index (χ3v) is 1.97. The second-order valence-corrected chi connectivity index (χ2v) is 2.99. The van der Waals surface area contributed by atoms with Crippen molar-refractivity contribution >= 4 is 5.78 Å². The van der Waals surface area contributed by atoms with Gasteiger partial charge in [-0.05, 0) is 24.1 Å². The van der Waals surface area contributed by atoms with Gasteiger partial charge in [0.1, 0.15) is 5.78 Å². The molecule has 70 valence electrons. The van der Waals surface area contributed by atoms with Crippen LogP contribution in [-0.2, 0) is 11.2 Å². The minimum atomic E-state index is -0.368. The summed E-state index contributed by atoms with van der Waals surface area (Å²) < 4.78 is 0. The third-order valence-electron chi connectivity index (χ3n) is 1.97. The van der Waals surface area contributed by atoms with Crippen molar-refractivity contribution in [3.8, 4) is 0 Å². The van der Waals surface area contributed by atoms with Crippen molar-refractivity contribution in [3.05, 3.63) is 30.1 Å². The first-order valence-corrected chi connectivity index (χ1v) is 4.41. The predicted molar refractivity (Wildman–Crippen MR) is 51.2 cm³/mol. The van der Waals surface area contributed by atoms with E-state index in [9.17, 15) is 4.79 Å². The lowest BCUT2D eigenvalue weighted by Crippen LogP contribution is -2.32. The zero-order chi connectivity index (χ0) is 9.68. The topological polar surface area (TPSA) is 56.0 Å². The number of aromatic nitrogens is 1. The summed E-state index contributed by atoms with van der Waals surface area (Å²) in [4.78, 5) is 15.1. The van der Waals surface area contributed by atoms with Crippen molar-refractivity contribution in [2.75, 3.05) is 0 Å². The Morgan fingerprint density at radius 1 is 1.54 bits per heavy atom. The molecule has 1 unspecified atom stereocenters. The normalized spacial score (nSPS) is 12.5. The zero-order valence-electron chi connectivity index (χ0n) is 7.73. The maximum atomic E-state index is 11.2. The molecule has 0 spiro atoms. The average Bonchev–Trinajstić information content (AvgIpc) is 2.18. The van der Waals surface area contributed by atoms with Crippen LogP contribution in [0.5, 0.6) is 0 Å². The van der Waals surface area contributed by atoms with Crippen molar-refractivity contribution in [3.63, 3.8) is 0 Å². The summed E-state index contributed by atoms with van der Waals surface area (Å²) in [6, 6.07) is 3.39. The third kappa shape index (κ3) is 2.95. The SMILES string of the molecule is CCC(=O)C(N)Cc1ccncc1. The number of pyridine rings is 1. The molecule has 1 atom stereocenters. The van der Waals surface area contributed by atoms with E-state index < -0.39 is 0 Å². The van der Waals surface area contributed by atoms with Crippen LogP contribution in [0.1, 0.15) is 18.9 Å². The minimum absolute atomic E-state index is 0.108. The van der Waals surface area contributed by atoms with E-state index in [4.69, 9.17) is 5.73 Å². The molecule has 1 rings (SSSR count). The van der Waals surface area contributed by atoms with E-state index in [2.05, 4.69) is 4.98 Å². The van der Waals surface area contributed by atoms with Gasteiger partial charge in [-0.3, -0.25) is 9.78 Å². The molecule has 0 radical (unpaired) electrons. The second kappa shape index (κ2) is 4.72. The molecular weight excluding hydrogens is 164 g/mol. The zero-order valence-corrected chi connectivity index (χ0v) is 7.73. The fraction of sp³-hybridized carbons (Fsp3) is 0.400. The molecule has 1 heterocycles. The van der Waals surface area contributed by atoms with Crippen molar-refractivity contribution in [1.29, 1.82) is 0 Å². The molecule has 0 aromatic carbocycles. The predicted octanol–water partition coefficient (Wildman–Crippen LogP) is 0.930. The van der Waals surface area contributed by atoms with Crippen LogP contribution < -0.4 is 5.73 Å². The molecule has 3 heteroatoms. The second-order valence-electron chi connectivity index (χ2n) is 2.99. The molecule has 1 aromatic rings. The van der Waals surface area contributed by atoms with E-state index in [0.29, 0.717) is 12.8 Å². The van der Waals surface area contributed by atoms with Gasteiger partial charge < -0.3 is 5.73 Å². The van der Waals surface area contributed by atoms with Gasteiger partial charge in [0.15, 0.2) is 0 Å². The molecule has 0 saturated heterocycles. The number of carbonyl (C=O) groups excluding carboxylic acids is 1. The monoisotopic (exact) mass is 178 g/mol. The van der Waals surface area contributed by atoms with Gasteiger partial charge in [0.25, 0.3) is 0 Å². The van der Waals surface area contributed by atoms with Crippen LogP contribution >= 0.6 is 0 Å². The van der Waals surface area contributed by atoms with Crippen molar-refractivity contribution in [2.24, 2.45) is 5.73 Å². The molecule has 0 saturated carbocycles. The van der Waals surface area contributed by atoms with Crippen LogP contribution in [0.2, 0.25) is 0 Å². The maximum absolute atomic E-state index is 11.2. The van der Waals surface area contributed by atoms with Crippen LogP contribution in [-0.4, -0.2) is 16.8 Å². The van der Waals surface area contributed by atoms with Crippen molar-refractivity contribution < 1.29 is 4.79 Å². The molecule has 13 heavy (non-hydrogen) atoms. The first kappa shape index (κ1) is 9.86. The van der Waals surface area contributed by atoms with Crippen LogP contribution in [0, 0.1) is 0 Å². The Labute approximate surface area is 78.0 Å². The smallest absolute Gasteiger partial charge is 0.149 e. The van der Waals surface area contributed by atoms with Gasteiger partial charge in [-0.1, -0.05) is 6.92 Å². The summed E-state index contributed by atoms with van der Waals surface area (Å²) in [5.74, 6) is 0.108.